The van der Waals surface area contributed by atoms with Gasteiger partial charge >= 0.3 is 0 Å². The molecule has 3 N–H and O–H groups in total. The highest BCUT2D eigenvalue weighted by atomic mass is 35.5. The molecule has 0 spiro atoms. The van der Waals surface area contributed by atoms with Gasteiger partial charge in [0.1, 0.15) is 0 Å². The third kappa shape index (κ3) is 7.62. The molecule has 0 heterocycles. The summed E-state index contributed by atoms with van der Waals surface area (Å²) in [5.74, 6) is -0.116. The summed E-state index contributed by atoms with van der Waals surface area (Å²) in [6.45, 7) is 2.72. The first kappa shape index (κ1) is 10.7. The molecule has 0 aliphatic carbocycles. The van der Waals surface area contributed by atoms with Crippen LogP contribution in [0.5, 0.6) is 0 Å². The first-order valence-electron chi connectivity index (χ1n) is 4.21. The van der Waals surface area contributed by atoms with Crippen LogP contribution in [0, 0.1) is 0 Å². The Morgan fingerprint density at radius 3 is 2.91 bits per heavy atom. The van der Waals surface area contributed by atoms with Crippen molar-refractivity contribution in [2.24, 2.45) is 5.73 Å². The Morgan fingerprint density at radius 2 is 2.45 bits per heavy atom. The van der Waals surface area contributed by atoms with Crippen molar-refractivity contribution < 1.29 is 6.17 Å². The van der Waals surface area contributed by atoms with Gasteiger partial charge in [0.2, 0.25) is 5.91 Å². The second-order valence-corrected chi connectivity index (χ2v) is 2.29. The average molecular weight is 182 g/mol. The van der Waals surface area contributed by atoms with Crippen molar-refractivity contribution in [3.63, 3.8) is 0 Å². The Hall–Kier alpha value is -0.280. The largest absolute Gasteiger partial charge is 0.355 e. The van der Waals surface area contributed by atoms with Gasteiger partial charge < -0.3 is 11.1 Å². The molecule has 0 unspecified atom stereocenters. The van der Waals surface area contributed by atoms with Crippen LogP contribution in [0.4, 0.5) is 0 Å². The third-order valence-corrected chi connectivity index (χ3v) is 1.14. The number of carbonyl (C=O) groups excluding carboxylic acids is 1. The van der Waals surface area contributed by atoms with E-state index in [-0.39, 0.29) is 18.3 Å². The lowest BCUT2D eigenvalue weighted by molar-refractivity contribution is -0.121. The first-order chi connectivity index (χ1) is 5.18. The molecule has 0 aromatic rings. The molecule has 0 aliphatic rings. The molecule has 0 bridgehead atoms. The van der Waals surface area contributed by atoms with E-state index in [0.29, 0.717) is 13.4 Å². The van der Waals surface area contributed by atoms with E-state index >= 15 is 0 Å². The van der Waals surface area contributed by atoms with Crippen LogP contribution < -0.4 is 11.1 Å². The number of rotatable bonds is 4. The average Bonchev–Trinajstić information content (AvgIpc) is 1.97. The zero-order chi connectivity index (χ0) is 8.69. The molecular weight excluding hydrogens is 164 g/mol. The molecule has 0 saturated heterocycles. The van der Waals surface area contributed by atoms with Gasteiger partial charge in [-0.3, -0.25) is 4.79 Å². The lowest BCUT2D eigenvalue weighted by atomic mass is 10.3. The maximum Gasteiger partial charge on any atom is 0.236 e. The Balaban J connectivity index is 0. The highest BCUT2D eigenvalue weighted by Gasteiger charge is 2.03. The van der Waals surface area contributed by atoms with E-state index in [2.05, 4.69) is 5.32 Å². The summed E-state index contributed by atoms with van der Waals surface area (Å²) in [5.41, 5.74) is 5.30. The minimum Gasteiger partial charge on any atom is -0.355 e. The summed E-state index contributed by atoms with van der Waals surface area (Å²) in [5, 5.41) is 2.67. The highest BCUT2D eigenvalue weighted by Crippen LogP contribution is 1.83. The van der Waals surface area contributed by atoms with Crippen molar-refractivity contribution in [3.8, 4) is 0 Å². The number of hydrogen-bond donors (Lipinski definition) is 2. The van der Waals surface area contributed by atoms with Gasteiger partial charge in [0, 0.05) is 7.92 Å². The second-order valence-electron chi connectivity index (χ2n) is 2.29. The van der Waals surface area contributed by atoms with E-state index in [4.69, 9.17) is 7.10 Å². The molecule has 0 aromatic heterocycles. The molecule has 0 saturated carbocycles. The maximum atomic E-state index is 10.8. The van der Waals surface area contributed by atoms with Crippen LogP contribution in [0.1, 0.15) is 28.0 Å². The van der Waals surface area contributed by atoms with E-state index in [1.54, 1.807) is 6.92 Å². The zero-order valence-corrected chi connectivity index (χ0v) is 7.62. The molecule has 0 radical (unpaired) electrons. The van der Waals surface area contributed by atoms with Gasteiger partial charge in [-0.05, 0) is 13.3 Å². The fraction of sp³-hybridized carbons (Fsp3) is 0.857. The third-order valence-electron chi connectivity index (χ3n) is 1.14. The second kappa shape index (κ2) is 7.82. The van der Waals surface area contributed by atoms with Crippen LogP contribution in [0.15, 0.2) is 0 Å². The molecule has 11 heavy (non-hydrogen) atoms. The smallest absolute Gasteiger partial charge is 0.236 e. The van der Waals surface area contributed by atoms with E-state index in [9.17, 15) is 4.79 Å². The highest BCUT2D eigenvalue weighted by molar-refractivity contribution is 5.85. The molecule has 68 valence electrons. The van der Waals surface area contributed by atoms with Crippen LogP contribution in [-0.4, -0.2) is 18.5 Å². The Labute approximate surface area is 75.5 Å². The minimum absolute atomic E-state index is 0. The molecule has 3 nitrogen and oxygen atoms in total. The molecule has 1 amide bonds. The van der Waals surface area contributed by atoms with E-state index in [1.165, 1.54) is 0 Å². The van der Waals surface area contributed by atoms with Crippen LogP contribution in [0.3, 0.4) is 0 Å². The van der Waals surface area contributed by atoms with Gasteiger partial charge in [0.15, 0.2) is 0 Å². The van der Waals surface area contributed by atoms with E-state index in [1.807, 2.05) is 0 Å². The monoisotopic (exact) mass is 181 g/mol. The number of hydrogen-bond acceptors (Lipinski definition) is 2. The van der Waals surface area contributed by atoms with Crippen molar-refractivity contribution in [2.75, 3.05) is 6.54 Å². The normalized spacial score (nSPS) is 12.7. The molecule has 0 aromatic carbocycles. The van der Waals surface area contributed by atoms with Gasteiger partial charge in [0.05, 0.1) is 6.04 Å². The van der Waals surface area contributed by atoms with Gasteiger partial charge in [-0.1, -0.05) is 13.3 Å². The summed E-state index contributed by atoms with van der Waals surface area (Å²) in [6, 6.07) is -0.425. The minimum atomic E-state index is -0.425. The topological polar surface area (TPSA) is 55.1 Å². The number of unbranched alkanes of at least 4 members (excludes halogenated alkanes) is 1. The molecule has 1 atom stereocenters. The lowest BCUT2D eigenvalue weighted by Gasteiger charge is -2.05. The predicted octanol–water partition coefficient (Wildman–Crippen LogP) is 0.672. The fourth-order valence-electron chi connectivity index (χ4n) is 0.498. The molecule has 0 aliphatic heterocycles. The SMILES string of the molecule is Cl.[2H]CCCCNC(=O)[C@H](C)N. The summed E-state index contributed by atoms with van der Waals surface area (Å²) >= 11 is 0. The number of nitrogens with one attached hydrogen (secondary N) is 1. The van der Waals surface area contributed by atoms with Crippen molar-refractivity contribution in [3.05, 3.63) is 0 Å². The quantitative estimate of drug-likeness (QED) is 0.627. The number of halogens is 1. The predicted molar refractivity (Wildman–Crippen MR) is 48.8 cm³/mol. The van der Waals surface area contributed by atoms with Crippen LogP contribution >= 0.6 is 12.4 Å². The summed E-state index contributed by atoms with van der Waals surface area (Å²) in [4.78, 5) is 10.8. The number of amides is 1. The van der Waals surface area contributed by atoms with Gasteiger partial charge in [-0.2, -0.15) is 0 Å². The van der Waals surface area contributed by atoms with Gasteiger partial charge in [-0.25, -0.2) is 0 Å². The van der Waals surface area contributed by atoms with Gasteiger partial charge in [0.25, 0.3) is 0 Å². The number of nitrogens with two attached hydrogens (primary N) is 1. The molecule has 0 rings (SSSR count). The Bertz CT molecular complexity index is 122. The summed E-state index contributed by atoms with van der Waals surface area (Å²) in [7, 11) is 0. The van der Waals surface area contributed by atoms with Crippen molar-refractivity contribution in [1.29, 1.82) is 0 Å². The van der Waals surface area contributed by atoms with E-state index < -0.39 is 6.04 Å². The Kier molecular flexibility index (Phi) is 7.62. The summed E-state index contributed by atoms with van der Waals surface area (Å²) in [6.07, 6.45) is 1.70. The first-order valence-corrected chi connectivity index (χ1v) is 3.51. The van der Waals surface area contributed by atoms with Crippen LogP contribution in [-0.2, 0) is 4.79 Å². The van der Waals surface area contributed by atoms with Crippen LogP contribution in [0.25, 0.3) is 0 Å². The fourth-order valence-corrected chi connectivity index (χ4v) is 0.498. The van der Waals surface area contributed by atoms with E-state index in [0.717, 1.165) is 12.8 Å². The lowest BCUT2D eigenvalue weighted by Crippen LogP contribution is -2.38. The number of carbonyl (C=O) groups is 1. The van der Waals surface area contributed by atoms with Crippen molar-refractivity contribution >= 4 is 18.3 Å². The van der Waals surface area contributed by atoms with Crippen LogP contribution in [0.2, 0.25) is 0 Å². The standard InChI is InChI=1S/C7H16N2O.ClH/c1-3-4-5-9-7(10)6(2)8;/h6H,3-5,8H2,1-2H3,(H,9,10);1H/t6-;/m0./s1/i1D;. The zero-order valence-electron chi connectivity index (χ0n) is 7.80. The summed E-state index contributed by atoms with van der Waals surface area (Å²) < 4.78 is 6.84. The van der Waals surface area contributed by atoms with Crippen molar-refractivity contribution in [2.45, 2.75) is 32.7 Å². The Morgan fingerprint density at radius 1 is 1.82 bits per heavy atom. The van der Waals surface area contributed by atoms with Crippen molar-refractivity contribution in [1.82, 2.24) is 5.32 Å². The molecule has 4 heteroatoms. The maximum absolute atomic E-state index is 10.8. The molecule has 0 fully saturated rings. The van der Waals surface area contributed by atoms with Gasteiger partial charge in [-0.15, -0.1) is 12.4 Å². The molecular formula is C7H17ClN2O.